The van der Waals surface area contributed by atoms with E-state index < -0.39 is 23.6 Å². The fourth-order valence-electron chi connectivity index (χ4n) is 3.39. The second kappa shape index (κ2) is 9.53. The van der Waals surface area contributed by atoms with Crippen molar-refractivity contribution < 1.29 is 23.0 Å². The molecule has 3 aromatic heterocycles. The molecule has 1 aromatic carbocycles. The van der Waals surface area contributed by atoms with Gasteiger partial charge in [0, 0.05) is 17.8 Å². The van der Waals surface area contributed by atoms with Gasteiger partial charge in [-0.1, -0.05) is 6.07 Å². The number of methoxy groups -OCH3 is 1. The van der Waals surface area contributed by atoms with Crippen LogP contribution in [0.4, 0.5) is 8.78 Å². The molecule has 0 saturated heterocycles. The minimum absolute atomic E-state index is 0. The third kappa shape index (κ3) is 4.38. The molecule has 0 bridgehead atoms. The van der Waals surface area contributed by atoms with Crippen molar-refractivity contribution in [1.29, 1.82) is 0 Å². The van der Waals surface area contributed by atoms with E-state index in [1.54, 1.807) is 20.8 Å². The van der Waals surface area contributed by atoms with Gasteiger partial charge in [-0.15, -0.1) is 0 Å². The molecule has 0 aliphatic heterocycles. The highest BCUT2D eigenvalue weighted by Crippen LogP contribution is 2.31. The first-order valence-electron chi connectivity index (χ1n) is 9.82. The smallest absolute Gasteiger partial charge is 0.341 e. The van der Waals surface area contributed by atoms with Crippen molar-refractivity contribution >= 4 is 30.5 Å². The third-order valence-electron chi connectivity index (χ3n) is 4.94. The summed E-state index contributed by atoms with van der Waals surface area (Å²) in [5, 5.41) is 8.63. The summed E-state index contributed by atoms with van der Waals surface area (Å²) in [5.74, 6) is -1.50. The fourth-order valence-corrected chi connectivity index (χ4v) is 3.39. The first-order valence-corrected chi connectivity index (χ1v) is 9.82. The van der Waals surface area contributed by atoms with E-state index in [-0.39, 0.29) is 43.1 Å². The molecule has 0 aliphatic carbocycles. The molecule has 0 saturated carbocycles. The number of fused-ring (bicyclic) bond motifs is 1. The Morgan fingerprint density at radius 3 is 2.67 bits per heavy atom. The Morgan fingerprint density at radius 1 is 1.24 bits per heavy atom. The molecule has 0 radical (unpaired) electrons. The predicted molar refractivity (Wildman–Crippen MR) is 120 cm³/mol. The standard InChI is InChI=1S/C21H20F2N6O3.H2S/c1-5-32-20(30)13-9-24-28(10-13)21-25-17-11(2)27-29(18(17)19(26-21)31-4)12(3)15-7-6-14(22)8-16(15)23;/h6-10,12H,5H2,1-4H3;1H2/t12-;/m0./s1. The third-order valence-corrected chi connectivity index (χ3v) is 4.94. The first kappa shape index (κ1) is 24.1. The van der Waals surface area contributed by atoms with E-state index in [1.165, 1.54) is 41.0 Å². The number of halogens is 2. The van der Waals surface area contributed by atoms with Crippen LogP contribution in [0.1, 0.15) is 41.5 Å². The van der Waals surface area contributed by atoms with Crippen molar-refractivity contribution in [3.05, 3.63) is 59.0 Å². The van der Waals surface area contributed by atoms with Crippen LogP contribution in [0.2, 0.25) is 0 Å². The lowest BCUT2D eigenvalue weighted by atomic mass is 10.1. The molecule has 174 valence electrons. The second-order valence-electron chi connectivity index (χ2n) is 7.00. The number of ether oxygens (including phenoxy) is 2. The Hall–Kier alpha value is -3.54. The Bertz CT molecular complexity index is 1320. The van der Waals surface area contributed by atoms with Gasteiger partial charge >= 0.3 is 5.97 Å². The number of carbonyl (C=O) groups excluding carboxylic acids is 1. The summed E-state index contributed by atoms with van der Waals surface area (Å²) in [4.78, 5) is 20.9. The number of nitrogens with zero attached hydrogens (tertiary/aromatic N) is 6. The maximum absolute atomic E-state index is 14.4. The number of aryl methyl sites for hydroxylation is 1. The van der Waals surface area contributed by atoms with Gasteiger partial charge in [0.1, 0.15) is 22.7 Å². The second-order valence-corrected chi connectivity index (χ2v) is 7.00. The van der Waals surface area contributed by atoms with E-state index in [0.29, 0.717) is 16.7 Å². The molecule has 0 unspecified atom stereocenters. The number of aromatic nitrogens is 6. The Morgan fingerprint density at radius 2 is 2.00 bits per heavy atom. The molecule has 4 rings (SSSR count). The molecule has 0 fully saturated rings. The van der Waals surface area contributed by atoms with Crippen LogP contribution in [-0.2, 0) is 4.74 Å². The van der Waals surface area contributed by atoms with Gasteiger partial charge in [-0.2, -0.15) is 28.7 Å². The van der Waals surface area contributed by atoms with Gasteiger partial charge in [-0.05, 0) is 26.8 Å². The van der Waals surface area contributed by atoms with Crippen molar-refractivity contribution in [2.24, 2.45) is 0 Å². The predicted octanol–water partition coefficient (Wildman–Crippen LogP) is 3.51. The molecule has 0 amide bonds. The highest BCUT2D eigenvalue weighted by atomic mass is 32.1. The van der Waals surface area contributed by atoms with Crippen LogP contribution in [0.15, 0.2) is 30.6 Å². The number of esters is 1. The lowest BCUT2D eigenvalue weighted by Crippen LogP contribution is -2.12. The molecule has 33 heavy (non-hydrogen) atoms. The van der Waals surface area contributed by atoms with E-state index in [1.807, 2.05) is 0 Å². The molecule has 4 aromatic rings. The van der Waals surface area contributed by atoms with E-state index in [9.17, 15) is 13.6 Å². The van der Waals surface area contributed by atoms with E-state index >= 15 is 0 Å². The Balaban J connectivity index is 0.00000306. The Kier molecular flexibility index (Phi) is 6.96. The largest absolute Gasteiger partial charge is 0.479 e. The molecule has 1 atom stereocenters. The molecule has 12 heteroatoms. The normalized spacial score (nSPS) is 11.8. The van der Waals surface area contributed by atoms with Crippen LogP contribution in [0, 0.1) is 18.6 Å². The van der Waals surface area contributed by atoms with Gasteiger partial charge in [-0.25, -0.2) is 23.2 Å². The molecule has 9 nitrogen and oxygen atoms in total. The average Bonchev–Trinajstić information content (AvgIpc) is 3.38. The number of benzene rings is 1. The maximum Gasteiger partial charge on any atom is 0.341 e. The number of hydrogen-bond acceptors (Lipinski definition) is 7. The summed E-state index contributed by atoms with van der Waals surface area (Å²) in [7, 11) is 1.44. The van der Waals surface area contributed by atoms with Gasteiger partial charge in [0.05, 0.1) is 37.2 Å². The maximum atomic E-state index is 14.4. The van der Waals surface area contributed by atoms with Crippen molar-refractivity contribution in [1.82, 2.24) is 29.5 Å². The minimum Gasteiger partial charge on any atom is -0.479 e. The lowest BCUT2D eigenvalue weighted by molar-refractivity contribution is 0.0526. The molecule has 3 heterocycles. The van der Waals surface area contributed by atoms with Crippen LogP contribution < -0.4 is 4.74 Å². The average molecular weight is 477 g/mol. The molecule has 0 spiro atoms. The number of carbonyl (C=O) groups is 1. The van der Waals surface area contributed by atoms with Crippen LogP contribution in [0.5, 0.6) is 5.88 Å². The molecule has 0 aliphatic rings. The van der Waals surface area contributed by atoms with Crippen LogP contribution in [0.3, 0.4) is 0 Å². The summed E-state index contributed by atoms with van der Waals surface area (Å²) in [6.07, 6.45) is 2.81. The minimum atomic E-state index is -0.682. The van der Waals surface area contributed by atoms with E-state index in [2.05, 4.69) is 20.2 Å². The van der Waals surface area contributed by atoms with Crippen molar-refractivity contribution in [3.8, 4) is 11.8 Å². The van der Waals surface area contributed by atoms with Gasteiger partial charge in [0.25, 0.3) is 5.95 Å². The molecule has 0 N–H and O–H groups in total. The lowest BCUT2D eigenvalue weighted by Gasteiger charge is -2.16. The summed E-state index contributed by atoms with van der Waals surface area (Å²) in [5.41, 5.74) is 1.97. The Labute approximate surface area is 194 Å². The summed E-state index contributed by atoms with van der Waals surface area (Å²) < 4.78 is 41.1. The summed E-state index contributed by atoms with van der Waals surface area (Å²) >= 11 is 0. The molecular weight excluding hydrogens is 454 g/mol. The van der Waals surface area contributed by atoms with Crippen molar-refractivity contribution in [2.45, 2.75) is 26.8 Å². The number of hydrogen-bond donors (Lipinski definition) is 0. The highest BCUT2D eigenvalue weighted by Gasteiger charge is 2.24. The molecular formula is C21H22F2N6O3S. The van der Waals surface area contributed by atoms with E-state index in [0.717, 1.165) is 6.07 Å². The zero-order valence-electron chi connectivity index (χ0n) is 18.3. The quantitative estimate of drug-likeness (QED) is 0.393. The zero-order chi connectivity index (χ0) is 23.0. The van der Waals surface area contributed by atoms with Gasteiger partial charge in [-0.3, -0.25) is 4.68 Å². The van der Waals surface area contributed by atoms with E-state index in [4.69, 9.17) is 9.47 Å². The summed E-state index contributed by atoms with van der Waals surface area (Å²) in [6, 6.07) is 2.81. The van der Waals surface area contributed by atoms with Gasteiger partial charge in [0.2, 0.25) is 5.88 Å². The van der Waals surface area contributed by atoms with Crippen LogP contribution >= 0.6 is 13.5 Å². The SMILES string of the molecule is CCOC(=O)c1cnn(-c2nc(OC)c3c(n2)c(C)nn3[C@@H](C)c2ccc(F)cc2F)c1.S. The van der Waals surface area contributed by atoms with Crippen LogP contribution in [0.25, 0.3) is 17.0 Å². The fraction of sp³-hybridized carbons (Fsp3) is 0.286. The first-order chi connectivity index (χ1) is 15.3. The van der Waals surface area contributed by atoms with Gasteiger partial charge < -0.3 is 9.47 Å². The number of rotatable bonds is 6. The topological polar surface area (TPSA) is 96.9 Å². The van der Waals surface area contributed by atoms with Crippen molar-refractivity contribution in [2.75, 3.05) is 13.7 Å². The van der Waals surface area contributed by atoms with Crippen LogP contribution in [-0.4, -0.2) is 49.2 Å². The monoisotopic (exact) mass is 476 g/mol. The van der Waals surface area contributed by atoms with Crippen molar-refractivity contribution in [3.63, 3.8) is 0 Å². The van der Waals surface area contributed by atoms with Gasteiger partial charge in [0.15, 0.2) is 0 Å². The highest BCUT2D eigenvalue weighted by molar-refractivity contribution is 7.59. The summed E-state index contributed by atoms with van der Waals surface area (Å²) in [6.45, 7) is 5.43. The zero-order valence-corrected chi connectivity index (χ0v) is 19.3.